The Balaban J connectivity index is 0.000000758. The number of nitrogens with two attached hydrogens (primary N) is 2. The molecule has 0 fully saturated rings. The van der Waals surface area contributed by atoms with Crippen molar-refractivity contribution < 1.29 is 14.7 Å². The van der Waals surface area contributed by atoms with Gasteiger partial charge in [-0.25, -0.2) is 4.68 Å². The Hall–Kier alpha value is -3.81. The first-order valence-electron chi connectivity index (χ1n) is 7.62. The van der Waals surface area contributed by atoms with Gasteiger partial charge in [-0.1, -0.05) is 24.3 Å². The highest BCUT2D eigenvalue weighted by Crippen LogP contribution is 2.24. The van der Waals surface area contributed by atoms with Gasteiger partial charge in [-0.2, -0.15) is 5.10 Å². The highest BCUT2D eigenvalue weighted by atomic mass is 16.3. The number of phenolic OH excluding ortho intramolecular Hbond substituents is 1. The summed E-state index contributed by atoms with van der Waals surface area (Å²) in [6, 6.07) is 14.7. The second-order valence-electron chi connectivity index (χ2n) is 5.18. The topological polar surface area (TPSA) is 136 Å². The highest BCUT2D eigenvalue weighted by molar-refractivity contribution is 5.96. The molecule has 8 nitrogen and oxygen atoms in total. The van der Waals surface area contributed by atoms with Crippen molar-refractivity contribution in [1.29, 1.82) is 0 Å². The summed E-state index contributed by atoms with van der Waals surface area (Å²) in [5.41, 5.74) is 13.0. The normalized spacial score (nSPS) is 9.73. The summed E-state index contributed by atoms with van der Waals surface area (Å²) in [6.45, 7) is 0. The van der Waals surface area contributed by atoms with E-state index < -0.39 is 5.91 Å². The molecular weight excluding hydrogens is 334 g/mol. The lowest BCUT2D eigenvalue weighted by Crippen LogP contribution is -2.14. The number of carbonyl (C=O) groups excluding carboxylic acids is 2. The number of carbonyl (C=O) groups is 2. The number of phenols is 1. The molecule has 0 bridgehead atoms. The average Bonchev–Trinajstić information content (AvgIpc) is 3.07. The lowest BCUT2D eigenvalue weighted by Gasteiger charge is -2.05. The Bertz CT molecular complexity index is 903. The predicted octanol–water partition coefficient (Wildman–Crippen LogP) is 1.49. The quantitative estimate of drug-likeness (QED) is 0.527. The number of aromatic nitrogens is 2. The molecule has 6 N–H and O–H groups in total. The fraction of sp³-hybridized carbons (Fsp3) is 0.0556. The number of hydrogen-bond acceptors (Lipinski definition) is 5. The van der Waals surface area contributed by atoms with E-state index in [9.17, 15) is 9.90 Å². The van der Waals surface area contributed by atoms with Crippen LogP contribution in [-0.4, -0.2) is 34.3 Å². The van der Waals surface area contributed by atoms with Gasteiger partial charge in [0.25, 0.3) is 5.91 Å². The zero-order valence-corrected chi connectivity index (χ0v) is 14.1. The maximum atomic E-state index is 11.4. The number of nitrogens with one attached hydrogen (secondary N) is 1. The largest absolute Gasteiger partial charge is 0.508 e. The van der Waals surface area contributed by atoms with Crippen LogP contribution in [-0.2, 0) is 4.79 Å². The van der Waals surface area contributed by atoms with Crippen LogP contribution in [0.5, 0.6) is 5.75 Å². The number of nitrogens with zero attached hydrogens (tertiary/aromatic N) is 2. The number of benzene rings is 2. The summed E-state index contributed by atoms with van der Waals surface area (Å²) in [5, 5.41) is 16.7. The van der Waals surface area contributed by atoms with Crippen LogP contribution >= 0.6 is 0 Å². The zero-order chi connectivity index (χ0) is 19.1. The Morgan fingerprint density at radius 1 is 1.19 bits per heavy atom. The van der Waals surface area contributed by atoms with Crippen molar-refractivity contribution in [1.82, 2.24) is 9.78 Å². The molecule has 2 aromatic carbocycles. The Morgan fingerprint density at radius 2 is 1.85 bits per heavy atom. The molecule has 0 unspecified atom stereocenters. The fourth-order valence-corrected chi connectivity index (χ4v) is 2.36. The van der Waals surface area contributed by atoms with Crippen molar-refractivity contribution in [3.05, 3.63) is 60.4 Å². The number of aromatic hydroxyl groups is 1. The van der Waals surface area contributed by atoms with E-state index in [2.05, 4.69) is 16.1 Å². The molecule has 1 aromatic heterocycles. The summed E-state index contributed by atoms with van der Waals surface area (Å²) >= 11 is 0. The monoisotopic (exact) mass is 353 g/mol. The minimum atomic E-state index is -0.579. The molecule has 0 aliphatic heterocycles. The highest BCUT2D eigenvalue weighted by Gasteiger charge is 2.13. The van der Waals surface area contributed by atoms with E-state index in [4.69, 9.17) is 10.5 Å². The van der Waals surface area contributed by atoms with Gasteiger partial charge in [0.1, 0.15) is 5.75 Å². The molecule has 0 saturated carbocycles. The number of hydrogen-bond donors (Lipinski definition) is 4. The van der Waals surface area contributed by atoms with E-state index in [-0.39, 0.29) is 17.9 Å². The van der Waals surface area contributed by atoms with Crippen LogP contribution in [0.3, 0.4) is 0 Å². The zero-order valence-electron chi connectivity index (χ0n) is 14.1. The molecular formula is C18H19N5O3. The van der Waals surface area contributed by atoms with Crippen LogP contribution in [0.2, 0.25) is 0 Å². The third kappa shape index (κ3) is 4.18. The summed E-state index contributed by atoms with van der Waals surface area (Å²) in [6.07, 6.45) is 1.96. The average molecular weight is 353 g/mol. The second kappa shape index (κ2) is 8.34. The fourth-order valence-electron chi connectivity index (χ4n) is 2.36. The van der Waals surface area contributed by atoms with Crippen molar-refractivity contribution in [3.8, 4) is 22.6 Å². The van der Waals surface area contributed by atoms with Crippen molar-refractivity contribution in [3.63, 3.8) is 0 Å². The van der Waals surface area contributed by atoms with Crippen LogP contribution < -0.4 is 16.8 Å². The van der Waals surface area contributed by atoms with E-state index in [1.807, 2.05) is 30.3 Å². The van der Waals surface area contributed by atoms with E-state index in [1.165, 1.54) is 0 Å². The lowest BCUT2D eigenvalue weighted by molar-refractivity contribution is -0.106. The SMILES string of the molecule is CNc1cn(-c2ccc(-c3cccc(O)c3)cc2)nc1C(N)=O.NC=O. The molecule has 1 heterocycles. The van der Waals surface area contributed by atoms with E-state index >= 15 is 0 Å². The smallest absolute Gasteiger partial charge is 0.271 e. The molecule has 2 amide bonds. The number of amides is 2. The summed E-state index contributed by atoms with van der Waals surface area (Å²) in [4.78, 5) is 20.0. The molecule has 0 saturated heterocycles. The van der Waals surface area contributed by atoms with E-state index in [0.29, 0.717) is 5.69 Å². The minimum Gasteiger partial charge on any atom is -0.508 e. The molecule has 3 rings (SSSR count). The number of rotatable bonds is 4. The minimum absolute atomic E-state index is 0.199. The Kier molecular flexibility index (Phi) is 5.94. The van der Waals surface area contributed by atoms with Crippen molar-refractivity contribution in [2.24, 2.45) is 11.5 Å². The van der Waals surface area contributed by atoms with E-state index in [0.717, 1.165) is 16.8 Å². The van der Waals surface area contributed by atoms with Gasteiger partial charge < -0.3 is 21.9 Å². The number of anilines is 1. The van der Waals surface area contributed by atoms with Gasteiger partial charge in [0, 0.05) is 7.05 Å². The van der Waals surface area contributed by atoms with Crippen LogP contribution in [0.4, 0.5) is 5.69 Å². The maximum Gasteiger partial charge on any atom is 0.271 e. The molecule has 0 atom stereocenters. The molecule has 134 valence electrons. The molecule has 8 heteroatoms. The van der Waals surface area contributed by atoms with Crippen LogP contribution in [0.25, 0.3) is 16.8 Å². The van der Waals surface area contributed by atoms with Gasteiger partial charge in [-0.3, -0.25) is 9.59 Å². The molecule has 0 spiro atoms. The predicted molar refractivity (Wildman–Crippen MR) is 99.0 cm³/mol. The number of primary amides is 2. The standard InChI is InChI=1S/C17H16N4O2.CH3NO/c1-19-15-10-21(20-16(15)17(18)23)13-7-5-11(6-8-13)12-3-2-4-14(22)9-12;2-1-3/h2-10,19,22H,1H3,(H2,18,23);1H,(H2,2,3). The van der Waals surface area contributed by atoms with Gasteiger partial charge >= 0.3 is 0 Å². The maximum absolute atomic E-state index is 11.4. The first-order chi connectivity index (χ1) is 12.5. The third-order valence-electron chi connectivity index (χ3n) is 3.53. The van der Waals surface area contributed by atoms with Gasteiger partial charge in [0.2, 0.25) is 6.41 Å². The van der Waals surface area contributed by atoms with Crippen LogP contribution in [0.1, 0.15) is 10.5 Å². The first kappa shape index (κ1) is 18.5. The molecule has 0 radical (unpaired) electrons. The molecule has 3 aromatic rings. The molecule has 0 aliphatic rings. The Morgan fingerprint density at radius 3 is 2.35 bits per heavy atom. The van der Waals surface area contributed by atoms with E-state index in [1.54, 1.807) is 36.1 Å². The second-order valence-corrected chi connectivity index (χ2v) is 5.18. The molecule has 0 aliphatic carbocycles. The third-order valence-corrected chi connectivity index (χ3v) is 3.53. The van der Waals surface area contributed by atoms with Gasteiger partial charge in [0.15, 0.2) is 5.69 Å². The first-order valence-corrected chi connectivity index (χ1v) is 7.62. The van der Waals surface area contributed by atoms with Crippen molar-refractivity contribution >= 4 is 18.0 Å². The lowest BCUT2D eigenvalue weighted by atomic mass is 10.1. The summed E-state index contributed by atoms with van der Waals surface area (Å²) in [5.74, 6) is -0.354. The van der Waals surface area contributed by atoms with Crippen LogP contribution in [0, 0.1) is 0 Å². The van der Waals surface area contributed by atoms with Gasteiger partial charge in [-0.15, -0.1) is 0 Å². The van der Waals surface area contributed by atoms with Crippen molar-refractivity contribution in [2.75, 3.05) is 12.4 Å². The molecule has 26 heavy (non-hydrogen) atoms. The van der Waals surface area contributed by atoms with Gasteiger partial charge in [0.05, 0.1) is 17.6 Å². The van der Waals surface area contributed by atoms with Crippen molar-refractivity contribution in [2.45, 2.75) is 0 Å². The summed E-state index contributed by atoms with van der Waals surface area (Å²) < 4.78 is 1.60. The van der Waals surface area contributed by atoms with Gasteiger partial charge in [-0.05, 0) is 35.4 Å². The van der Waals surface area contributed by atoms with Crippen LogP contribution in [0.15, 0.2) is 54.7 Å². The summed E-state index contributed by atoms with van der Waals surface area (Å²) in [7, 11) is 1.71. The Labute approximate surface area is 150 Å².